The lowest BCUT2D eigenvalue weighted by Gasteiger charge is -2.21. The minimum atomic E-state index is -0.912. The smallest absolute Gasteiger partial charge is 0.326 e. The van der Waals surface area contributed by atoms with E-state index in [-0.39, 0.29) is 5.91 Å². The van der Waals surface area contributed by atoms with Gasteiger partial charge in [-0.25, -0.2) is 4.79 Å². The molecule has 4 nitrogen and oxygen atoms in total. The Kier molecular flexibility index (Phi) is 4.47. The van der Waals surface area contributed by atoms with Crippen LogP contribution in [-0.4, -0.2) is 40.2 Å². The number of hydrogen-bond acceptors (Lipinski definition) is 3. The predicted molar refractivity (Wildman–Crippen MR) is 74.5 cm³/mol. The molecule has 1 amide bonds. The van der Waals surface area contributed by atoms with Crippen molar-refractivity contribution in [1.29, 1.82) is 0 Å². The Morgan fingerprint density at radius 2 is 2.26 bits per heavy atom. The second-order valence-electron chi connectivity index (χ2n) is 4.46. The molecule has 1 aliphatic heterocycles. The number of nitrogens with zero attached hydrogens (tertiary/aromatic N) is 1. The van der Waals surface area contributed by atoms with Gasteiger partial charge < -0.3 is 10.0 Å². The molecule has 0 radical (unpaired) electrons. The van der Waals surface area contributed by atoms with Crippen LogP contribution in [-0.2, 0) is 4.79 Å². The highest BCUT2D eigenvalue weighted by molar-refractivity contribution is 7.99. The Hall–Kier alpha value is -1.49. The molecule has 0 aliphatic carbocycles. The van der Waals surface area contributed by atoms with Crippen LogP contribution in [0.25, 0.3) is 0 Å². The third kappa shape index (κ3) is 3.10. The van der Waals surface area contributed by atoms with Gasteiger partial charge in [0.1, 0.15) is 6.04 Å². The summed E-state index contributed by atoms with van der Waals surface area (Å²) in [7, 11) is 0. The lowest BCUT2D eigenvalue weighted by molar-refractivity contribution is -0.141. The minimum absolute atomic E-state index is 0.177. The zero-order chi connectivity index (χ0) is 13.8. The number of carbonyl (C=O) groups is 2. The molecular weight excluding hydrogens is 262 g/mol. The number of benzene rings is 1. The van der Waals surface area contributed by atoms with E-state index >= 15 is 0 Å². The van der Waals surface area contributed by atoms with Gasteiger partial charge in [0.25, 0.3) is 5.91 Å². The van der Waals surface area contributed by atoms with E-state index in [1.807, 2.05) is 18.2 Å². The second kappa shape index (κ2) is 6.10. The molecule has 1 unspecified atom stereocenters. The number of carbonyl (C=O) groups excluding carboxylic acids is 1. The van der Waals surface area contributed by atoms with Gasteiger partial charge >= 0.3 is 5.97 Å². The lowest BCUT2D eigenvalue weighted by atomic mass is 10.1. The summed E-state index contributed by atoms with van der Waals surface area (Å²) in [4.78, 5) is 26.0. The molecule has 102 valence electrons. The highest BCUT2D eigenvalue weighted by atomic mass is 32.2. The van der Waals surface area contributed by atoms with Crippen molar-refractivity contribution in [2.45, 2.75) is 30.7 Å². The van der Waals surface area contributed by atoms with Gasteiger partial charge in [0.15, 0.2) is 0 Å². The molecule has 19 heavy (non-hydrogen) atoms. The van der Waals surface area contributed by atoms with E-state index < -0.39 is 12.0 Å². The highest BCUT2D eigenvalue weighted by Gasteiger charge is 2.34. The van der Waals surface area contributed by atoms with Gasteiger partial charge in [0.2, 0.25) is 0 Å². The van der Waals surface area contributed by atoms with Gasteiger partial charge in [-0.3, -0.25) is 4.79 Å². The standard InChI is InChI=1S/C14H17NO3S/c1-2-19-11-6-3-5-10(9-11)13(16)15-8-4-7-12(15)14(17)18/h3,5-6,9,12H,2,4,7-8H2,1H3,(H,17,18). The molecule has 1 aliphatic rings. The topological polar surface area (TPSA) is 57.6 Å². The van der Waals surface area contributed by atoms with Crippen LogP contribution in [0.3, 0.4) is 0 Å². The summed E-state index contributed by atoms with van der Waals surface area (Å²) in [5.74, 6) is -0.146. The fourth-order valence-corrected chi connectivity index (χ4v) is 3.04. The maximum atomic E-state index is 12.4. The maximum absolute atomic E-state index is 12.4. The lowest BCUT2D eigenvalue weighted by Crippen LogP contribution is -2.40. The van der Waals surface area contributed by atoms with Crippen LogP contribution in [0, 0.1) is 0 Å². The van der Waals surface area contributed by atoms with Crippen molar-refractivity contribution in [1.82, 2.24) is 4.90 Å². The molecule has 1 aromatic carbocycles. The van der Waals surface area contributed by atoms with E-state index in [4.69, 9.17) is 5.11 Å². The summed E-state index contributed by atoms with van der Waals surface area (Å²) in [5, 5.41) is 9.12. The van der Waals surface area contributed by atoms with Gasteiger partial charge in [0, 0.05) is 17.0 Å². The summed E-state index contributed by atoms with van der Waals surface area (Å²) in [6, 6.07) is 6.73. The molecule has 1 N–H and O–H groups in total. The highest BCUT2D eigenvalue weighted by Crippen LogP contribution is 2.23. The number of hydrogen-bond donors (Lipinski definition) is 1. The zero-order valence-electron chi connectivity index (χ0n) is 10.8. The molecule has 1 fully saturated rings. The van der Waals surface area contributed by atoms with Crippen LogP contribution < -0.4 is 0 Å². The van der Waals surface area contributed by atoms with Gasteiger partial charge in [-0.2, -0.15) is 0 Å². The molecule has 1 aromatic rings. The number of carboxylic acid groups (broad SMARTS) is 1. The summed E-state index contributed by atoms with van der Waals surface area (Å²) in [6.45, 7) is 2.58. The van der Waals surface area contributed by atoms with E-state index in [1.54, 1.807) is 17.8 Å². The number of aliphatic carboxylic acids is 1. The van der Waals surface area contributed by atoms with E-state index in [2.05, 4.69) is 6.92 Å². The molecule has 0 bridgehead atoms. The summed E-state index contributed by atoms with van der Waals surface area (Å²) in [5.41, 5.74) is 0.576. The third-order valence-electron chi connectivity index (χ3n) is 3.19. The minimum Gasteiger partial charge on any atom is -0.480 e. The molecule has 1 heterocycles. The largest absolute Gasteiger partial charge is 0.480 e. The molecule has 0 aromatic heterocycles. The molecule has 1 saturated heterocycles. The first-order valence-electron chi connectivity index (χ1n) is 6.40. The van der Waals surface area contributed by atoms with Gasteiger partial charge in [-0.15, -0.1) is 11.8 Å². The Bertz CT molecular complexity index is 489. The summed E-state index contributed by atoms with van der Waals surface area (Å²) >= 11 is 1.67. The molecular formula is C14H17NO3S. The van der Waals surface area contributed by atoms with Crippen molar-refractivity contribution in [3.05, 3.63) is 29.8 Å². The Morgan fingerprint density at radius 1 is 1.47 bits per heavy atom. The Morgan fingerprint density at radius 3 is 2.95 bits per heavy atom. The number of likely N-dealkylation sites (tertiary alicyclic amines) is 1. The van der Waals surface area contributed by atoms with Crippen LogP contribution in [0.15, 0.2) is 29.2 Å². The third-order valence-corrected chi connectivity index (χ3v) is 4.07. The van der Waals surface area contributed by atoms with Crippen molar-refractivity contribution >= 4 is 23.6 Å². The van der Waals surface area contributed by atoms with Crippen molar-refractivity contribution in [3.63, 3.8) is 0 Å². The predicted octanol–water partition coefficient (Wildman–Crippen LogP) is 2.49. The average molecular weight is 279 g/mol. The van der Waals surface area contributed by atoms with Gasteiger partial charge in [-0.05, 0) is 36.8 Å². The van der Waals surface area contributed by atoms with Crippen LogP contribution in [0.2, 0.25) is 0 Å². The molecule has 0 spiro atoms. The number of rotatable bonds is 4. The first-order chi connectivity index (χ1) is 9.13. The van der Waals surface area contributed by atoms with Crippen molar-refractivity contribution in [2.24, 2.45) is 0 Å². The summed E-state index contributed by atoms with van der Waals surface area (Å²) < 4.78 is 0. The van der Waals surface area contributed by atoms with E-state index in [9.17, 15) is 9.59 Å². The van der Waals surface area contributed by atoms with E-state index in [0.717, 1.165) is 17.1 Å². The van der Waals surface area contributed by atoms with Crippen molar-refractivity contribution in [2.75, 3.05) is 12.3 Å². The monoisotopic (exact) mass is 279 g/mol. The van der Waals surface area contributed by atoms with E-state index in [0.29, 0.717) is 18.5 Å². The van der Waals surface area contributed by atoms with E-state index in [1.165, 1.54) is 4.90 Å². The van der Waals surface area contributed by atoms with Crippen LogP contribution in [0.1, 0.15) is 30.1 Å². The van der Waals surface area contributed by atoms with Crippen molar-refractivity contribution in [3.8, 4) is 0 Å². The molecule has 5 heteroatoms. The number of amides is 1. The molecule has 2 rings (SSSR count). The van der Waals surface area contributed by atoms with Crippen molar-refractivity contribution < 1.29 is 14.7 Å². The SMILES string of the molecule is CCSc1cccc(C(=O)N2CCCC2C(=O)O)c1. The quantitative estimate of drug-likeness (QED) is 0.860. The zero-order valence-corrected chi connectivity index (χ0v) is 11.7. The van der Waals surface area contributed by atoms with Crippen LogP contribution in [0.5, 0.6) is 0 Å². The first kappa shape index (κ1) is 13.9. The maximum Gasteiger partial charge on any atom is 0.326 e. The fourth-order valence-electron chi connectivity index (χ4n) is 2.32. The first-order valence-corrected chi connectivity index (χ1v) is 7.38. The fraction of sp³-hybridized carbons (Fsp3) is 0.429. The van der Waals surface area contributed by atoms with Crippen LogP contribution >= 0.6 is 11.8 Å². The normalized spacial score (nSPS) is 18.6. The number of carboxylic acids is 1. The number of thioether (sulfide) groups is 1. The second-order valence-corrected chi connectivity index (χ2v) is 5.79. The summed E-state index contributed by atoms with van der Waals surface area (Å²) in [6.07, 6.45) is 1.30. The molecule has 1 atom stereocenters. The molecule has 0 saturated carbocycles. The Labute approximate surface area is 116 Å². The average Bonchev–Trinajstić information content (AvgIpc) is 2.88. The van der Waals surface area contributed by atoms with Gasteiger partial charge in [0.05, 0.1) is 0 Å². The van der Waals surface area contributed by atoms with Crippen LogP contribution in [0.4, 0.5) is 0 Å². The Balaban J connectivity index is 2.19. The van der Waals surface area contributed by atoms with Gasteiger partial charge in [-0.1, -0.05) is 13.0 Å².